The van der Waals surface area contributed by atoms with E-state index in [0.717, 1.165) is 18.7 Å². The number of benzene rings is 2. The molecular formula is C18H17F3O4. The molecule has 0 bridgehead atoms. The van der Waals surface area contributed by atoms with Crippen molar-refractivity contribution in [2.75, 3.05) is 7.11 Å². The molecule has 7 heteroatoms. The molecule has 2 rings (SSSR count). The fraction of sp³-hybridized carbons (Fsp3) is 0.278. The molecule has 0 aromatic heterocycles. The first-order valence-electron chi connectivity index (χ1n) is 7.38. The molecule has 0 unspecified atom stereocenters. The van der Waals surface area contributed by atoms with Gasteiger partial charge in [-0.05, 0) is 49.2 Å². The van der Waals surface area contributed by atoms with Crippen molar-refractivity contribution in [3.63, 3.8) is 0 Å². The quantitative estimate of drug-likeness (QED) is 0.553. The van der Waals surface area contributed by atoms with E-state index in [9.17, 15) is 18.0 Å². The van der Waals surface area contributed by atoms with Crippen LogP contribution in [0.25, 0.3) is 0 Å². The van der Waals surface area contributed by atoms with E-state index in [-0.39, 0.29) is 29.2 Å². The third kappa shape index (κ3) is 4.43. The predicted octanol–water partition coefficient (Wildman–Crippen LogP) is 5.10. The van der Waals surface area contributed by atoms with Crippen LogP contribution in [0.4, 0.5) is 18.0 Å². The van der Waals surface area contributed by atoms with Gasteiger partial charge in [0, 0.05) is 0 Å². The number of methoxy groups -OCH3 is 1. The Balaban J connectivity index is 2.30. The van der Waals surface area contributed by atoms with E-state index < -0.39 is 18.4 Å². The third-order valence-corrected chi connectivity index (χ3v) is 3.67. The first-order valence-corrected chi connectivity index (χ1v) is 7.38. The topological polar surface area (TPSA) is 44.8 Å². The van der Waals surface area contributed by atoms with Crippen LogP contribution in [-0.4, -0.2) is 13.3 Å². The summed E-state index contributed by atoms with van der Waals surface area (Å²) < 4.78 is 55.1. The lowest BCUT2D eigenvalue weighted by molar-refractivity contribution is 0.120. The third-order valence-electron chi connectivity index (χ3n) is 3.67. The Morgan fingerprint density at radius 1 is 1.12 bits per heavy atom. The van der Waals surface area contributed by atoms with Crippen LogP contribution in [0.2, 0.25) is 0 Å². The maximum atomic E-state index is 14.0. The van der Waals surface area contributed by atoms with Gasteiger partial charge in [-0.2, -0.15) is 0 Å². The van der Waals surface area contributed by atoms with Crippen molar-refractivity contribution in [2.24, 2.45) is 0 Å². The van der Waals surface area contributed by atoms with E-state index in [0.29, 0.717) is 5.56 Å². The fourth-order valence-electron chi connectivity index (χ4n) is 2.16. The van der Waals surface area contributed by atoms with Gasteiger partial charge in [-0.3, -0.25) is 0 Å². The van der Waals surface area contributed by atoms with Crippen molar-refractivity contribution in [1.29, 1.82) is 0 Å². The minimum Gasteiger partial charge on any atom is -0.488 e. The van der Waals surface area contributed by atoms with Crippen LogP contribution in [-0.2, 0) is 11.3 Å². The van der Waals surface area contributed by atoms with Gasteiger partial charge in [-0.1, -0.05) is 6.07 Å². The Morgan fingerprint density at radius 3 is 2.44 bits per heavy atom. The highest BCUT2D eigenvalue weighted by Gasteiger charge is 2.18. The average Bonchev–Trinajstić information content (AvgIpc) is 2.56. The van der Waals surface area contributed by atoms with Crippen LogP contribution in [0.3, 0.4) is 0 Å². The number of rotatable bonds is 5. The fourth-order valence-corrected chi connectivity index (χ4v) is 2.16. The van der Waals surface area contributed by atoms with Crippen LogP contribution < -0.4 is 9.47 Å². The zero-order valence-electron chi connectivity index (χ0n) is 13.9. The van der Waals surface area contributed by atoms with Gasteiger partial charge in [0.25, 0.3) is 6.43 Å². The molecule has 134 valence electrons. The summed E-state index contributed by atoms with van der Waals surface area (Å²) in [5.74, 6) is -0.844. The van der Waals surface area contributed by atoms with Gasteiger partial charge in [0.1, 0.15) is 23.9 Å². The summed E-state index contributed by atoms with van der Waals surface area (Å²) >= 11 is 0. The van der Waals surface area contributed by atoms with Crippen molar-refractivity contribution in [2.45, 2.75) is 26.9 Å². The molecule has 0 N–H and O–H groups in total. The first kappa shape index (κ1) is 18.6. The summed E-state index contributed by atoms with van der Waals surface area (Å²) in [6.45, 7) is 3.08. The smallest absolute Gasteiger partial charge is 0.488 e. The standard InChI is InChI=1S/C18H17F3O4/c1-10-7-12(17(20)21)16(8-11(10)2)24-9-13-14(19)5-4-6-15(13)25-18(22)23-3/h4-8,17H,9H2,1-3H3. The molecule has 25 heavy (non-hydrogen) atoms. The minimum atomic E-state index is -2.74. The molecule has 0 spiro atoms. The second kappa shape index (κ2) is 7.92. The molecule has 0 aliphatic rings. The monoisotopic (exact) mass is 354 g/mol. The number of carbonyl (C=O) groups excluding carboxylic acids is 1. The van der Waals surface area contributed by atoms with Gasteiger partial charge < -0.3 is 14.2 Å². The van der Waals surface area contributed by atoms with Crippen molar-refractivity contribution >= 4 is 6.16 Å². The molecule has 0 fully saturated rings. The van der Waals surface area contributed by atoms with E-state index in [1.807, 2.05) is 0 Å². The second-order valence-corrected chi connectivity index (χ2v) is 5.34. The zero-order chi connectivity index (χ0) is 18.6. The Morgan fingerprint density at radius 2 is 1.80 bits per heavy atom. The molecular weight excluding hydrogens is 337 g/mol. The molecule has 0 aliphatic heterocycles. The molecule has 2 aromatic carbocycles. The Labute approximate surface area is 143 Å². The van der Waals surface area contributed by atoms with E-state index in [1.165, 1.54) is 24.3 Å². The van der Waals surface area contributed by atoms with Gasteiger partial charge in [0.15, 0.2) is 0 Å². The highest BCUT2D eigenvalue weighted by Crippen LogP contribution is 2.33. The van der Waals surface area contributed by atoms with Crippen LogP contribution in [0.1, 0.15) is 28.7 Å². The van der Waals surface area contributed by atoms with E-state index in [1.54, 1.807) is 13.8 Å². The van der Waals surface area contributed by atoms with Gasteiger partial charge >= 0.3 is 6.16 Å². The lowest BCUT2D eigenvalue weighted by Crippen LogP contribution is -2.11. The van der Waals surface area contributed by atoms with Crippen molar-refractivity contribution in [3.05, 3.63) is 58.4 Å². The van der Waals surface area contributed by atoms with Gasteiger partial charge in [0.2, 0.25) is 0 Å². The van der Waals surface area contributed by atoms with Gasteiger partial charge in [-0.15, -0.1) is 0 Å². The van der Waals surface area contributed by atoms with Crippen molar-refractivity contribution < 1.29 is 32.2 Å². The number of carbonyl (C=O) groups is 1. The summed E-state index contributed by atoms with van der Waals surface area (Å²) in [4.78, 5) is 11.2. The maximum absolute atomic E-state index is 14.0. The zero-order valence-corrected chi connectivity index (χ0v) is 13.9. The molecule has 0 aliphatic carbocycles. The van der Waals surface area contributed by atoms with E-state index >= 15 is 0 Å². The lowest BCUT2D eigenvalue weighted by Gasteiger charge is -2.15. The Hall–Kier alpha value is -2.70. The van der Waals surface area contributed by atoms with E-state index in [2.05, 4.69) is 4.74 Å². The Bertz CT molecular complexity index is 775. The molecule has 0 radical (unpaired) electrons. The summed E-state index contributed by atoms with van der Waals surface area (Å²) in [6, 6.07) is 6.66. The summed E-state index contributed by atoms with van der Waals surface area (Å²) in [6.07, 6.45) is -3.76. The maximum Gasteiger partial charge on any atom is 0.513 e. The van der Waals surface area contributed by atoms with Crippen molar-refractivity contribution in [3.8, 4) is 11.5 Å². The molecule has 0 atom stereocenters. The number of hydrogen-bond acceptors (Lipinski definition) is 4. The largest absolute Gasteiger partial charge is 0.513 e. The Kier molecular flexibility index (Phi) is 5.90. The number of alkyl halides is 2. The number of halogens is 3. The minimum absolute atomic E-state index is 0.0506. The van der Waals surface area contributed by atoms with Gasteiger partial charge in [0.05, 0.1) is 18.2 Å². The van der Waals surface area contributed by atoms with Gasteiger partial charge in [-0.25, -0.2) is 18.0 Å². The molecule has 0 heterocycles. The molecule has 2 aromatic rings. The average molecular weight is 354 g/mol. The predicted molar refractivity (Wildman–Crippen MR) is 84.6 cm³/mol. The normalized spacial score (nSPS) is 10.7. The number of hydrogen-bond donors (Lipinski definition) is 0. The van der Waals surface area contributed by atoms with Crippen molar-refractivity contribution in [1.82, 2.24) is 0 Å². The molecule has 0 saturated carbocycles. The SMILES string of the molecule is COC(=O)Oc1cccc(F)c1COc1cc(C)c(C)cc1C(F)F. The van der Waals surface area contributed by atoms with Crippen LogP contribution >= 0.6 is 0 Å². The van der Waals surface area contributed by atoms with Crippen LogP contribution in [0.5, 0.6) is 11.5 Å². The first-order chi connectivity index (χ1) is 11.8. The van der Waals surface area contributed by atoms with Crippen LogP contribution in [0.15, 0.2) is 30.3 Å². The highest BCUT2D eigenvalue weighted by atomic mass is 19.3. The van der Waals surface area contributed by atoms with Crippen LogP contribution in [0, 0.1) is 19.7 Å². The second-order valence-electron chi connectivity index (χ2n) is 5.34. The molecule has 4 nitrogen and oxygen atoms in total. The molecule has 0 saturated heterocycles. The summed E-state index contributed by atoms with van der Waals surface area (Å²) in [7, 11) is 1.11. The molecule has 0 amide bonds. The lowest BCUT2D eigenvalue weighted by atomic mass is 10.1. The number of ether oxygens (including phenoxy) is 3. The highest BCUT2D eigenvalue weighted by molar-refractivity contribution is 5.64. The number of aryl methyl sites for hydroxylation is 2. The van der Waals surface area contributed by atoms with E-state index in [4.69, 9.17) is 9.47 Å². The summed E-state index contributed by atoms with van der Waals surface area (Å²) in [5.41, 5.74) is 1.10. The summed E-state index contributed by atoms with van der Waals surface area (Å²) in [5, 5.41) is 0.